The Balaban J connectivity index is 1.70. The summed E-state index contributed by atoms with van der Waals surface area (Å²) in [6.45, 7) is 2.04. The number of thiophene rings is 1. The molecule has 2 aromatic rings. The number of phenolic OH excluding ortho intramolecular Hbond substituents is 1. The van der Waals surface area contributed by atoms with Gasteiger partial charge in [-0.25, -0.2) is 0 Å². The van der Waals surface area contributed by atoms with Crippen LogP contribution in [0, 0.1) is 0 Å². The molecule has 0 spiro atoms. The molecular weight excluding hydrogens is 324 g/mol. The van der Waals surface area contributed by atoms with E-state index in [2.05, 4.69) is 17.3 Å². The Morgan fingerprint density at radius 3 is 2.75 bits per heavy atom. The lowest BCUT2D eigenvalue weighted by molar-refractivity contribution is 0.0921. The van der Waals surface area contributed by atoms with Crippen LogP contribution in [0.15, 0.2) is 30.3 Å². The zero-order valence-electron chi connectivity index (χ0n) is 13.9. The first-order chi connectivity index (χ1) is 11.6. The molecule has 1 aliphatic heterocycles. The zero-order chi connectivity index (χ0) is 17.1. The Bertz CT molecular complexity index is 721. The van der Waals surface area contributed by atoms with Gasteiger partial charge in [0.2, 0.25) is 0 Å². The summed E-state index contributed by atoms with van der Waals surface area (Å²) in [5.41, 5.74) is 0.924. The van der Waals surface area contributed by atoms with E-state index in [0.717, 1.165) is 36.4 Å². The second kappa shape index (κ2) is 7.23. The SMILES string of the molecule is COc1cc(-c2ccc(C(=O)NC3CCN(C)CC3)s2)ccc1O. The van der Waals surface area contributed by atoms with Crippen molar-refractivity contribution in [2.75, 3.05) is 27.2 Å². The standard InChI is InChI=1S/C18H22N2O3S/c1-20-9-7-13(8-10-20)19-18(22)17-6-5-16(24-17)12-3-4-14(21)15(11-12)23-2/h3-6,11,13,21H,7-10H2,1-2H3,(H,19,22). The third-order valence-corrected chi connectivity index (χ3v) is 5.48. The molecule has 1 fully saturated rings. The van der Waals surface area contributed by atoms with Crippen LogP contribution in [-0.4, -0.2) is 49.2 Å². The molecule has 0 atom stereocenters. The van der Waals surface area contributed by atoms with Gasteiger partial charge in [0.25, 0.3) is 5.91 Å². The van der Waals surface area contributed by atoms with E-state index < -0.39 is 0 Å². The summed E-state index contributed by atoms with van der Waals surface area (Å²) >= 11 is 1.45. The number of hydrogen-bond donors (Lipinski definition) is 2. The van der Waals surface area contributed by atoms with Gasteiger partial charge < -0.3 is 20.1 Å². The molecule has 2 N–H and O–H groups in total. The average Bonchev–Trinajstić information content (AvgIpc) is 3.07. The topological polar surface area (TPSA) is 61.8 Å². The maximum absolute atomic E-state index is 12.4. The molecule has 1 aromatic heterocycles. The number of benzene rings is 1. The van der Waals surface area contributed by atoms with Gasteiger partial charge in [0, 0.05) is 10.9 Å². The lowest BCUT2D eigenvalue weighted by Crippen LogP contribution is -2.43. The molecular formula is C18H22N2O3S. The molecule has 1 aromatic carbocycles. The molecule has 0 bridgehead atoms. The molecule has 0 unspecified atom stereocenters. The molecule has 128 valence electrons. The number of nitrogens with zero attached hydrogens (tertiary/aromatic N) is 1. The van der Waals surface area contributed by atoms with E-state index in [9.17, 15) is 9.90 Å². The molecule has 3 rings (SSSR count). The van der Waals surface area contributed by atoms with Gasteiger partial charge in [-0.3, -0.25) is 4.79 Å². The smallest absolute Gasteiger partial charge is 0.261 e. The Hall–Kier alpha value is -2.05. The van der Waals surface area contributed by atoms with Crippen molar-refractivity contribution in [3.63, 3.8) is 0 Å². The highest BCUT2D eigenvalue weighted by atomic mass is 32.1. The van der Waals surface area contributed by atoms with Crippen molar-refractivity contribution in [1.82, 2.24) is 10.2 Å². The van der Waals surface area contributed by atoms with Gasteiger partial charge in [-0.1, -0.05) is 0 Å². The molecule has 5 nitrogen and oxygen atoms in total. The number of likely N-dealkylation sites (tertiary alicyclic amines) is 1. The largest absolute Gasteiger partial charge is 0.504 e. The molecule has 2 heterocycles. The fourth-order valence-corrected chi connectivity index (χ4v) is 3.76. The first kappa shape index (κ1) is 16.8. The summed E-state index contributed by atoms with van der Waals surface area (Å²) < 4.78 is 5.14. The first-order valence-corrected chi connectivity index (χ1v) is 8.85. The third-order valence-electron chi connectivity index (χ3n) is 4.35. The van der Waals surface area contributed by atoms with E-state index in [4.69, 9.17) is 4.74 Å². The molecule has 1 saturated heterocycles. The zero-order valence-corrected chi connectivity index (χ0v) is 14.7. The van der Waals surface area contributed by atoms with Crippen LogP contribution in [0.5, 0.6) is 11.5 Å². The summed E-state index contributed by atoms with van der Waals surface area (Å²) in [6.07, 6.45) is 1.99. The summed E-state index contributed by atoms with van der Waals surface area (Å²) in [5.74, 6) is 0.530. The number of phenols is 1. The summed E-state index contributed by atoms with van der Waals surface area (Å²) in [5, 5.41) is 12.8. The van der Waals surface area contributed by atoms with E-state index in [1.54, 1.807) is 12.1 Å². The number of amides is 1. The number of carbonyl (C=O) groups is 1. The molecule has 6 heteroatoms. The maximum atomic E-state index is 12.4. The average molecular weight is 346 g/mol. The van der Waals surface area contributed by atoms with Crippen molar-refractivity contribution in [1.29, 1.82) is 0 Å². The fourth-order valence-electron chi connectivity index (χ4n) is 2.86. The number of carbonyl (C=O) groups excluding carboxylic acids is 1. The molecule has 0 radical (unpaired) electrons. The van der Waals surface area contributed by atoms with E-state index in [-0.39, 0.29) is 17.7 Å². The highest BCUT2D eigenvalue weighted by molar-refractivity contribution is 7.17. The van der Waals surface area contributed by atoms with Gasteiger partial charge in [-0.05, 0) is 68.9 Å². The van der Waals surface area contributed by atoms with Crippen LogP contribution in [0.4, 0.5) is 0 Å². The van der Waals surface area contributed by atoms with Crippen molar-refractivity contribution >= 4 is 17.2 Å². The minimum Gasteiger partial charge on any atom is -0.504 e. The number of ether oxygens (including phenoxy) is 1. The van der Waals surface area contributed by atoms with Gasteiger partial charge in [0.05, 0.1) is 12.0 Å². The summed E-state index contributed by atoms with van der Waals surface area (Å²) in [6, 6.07) is 9.24. The number of hydrogen-bond acceptors (Lipinski definition) is 5. The van der Waals surface area contributed by atoms with Crippen molar-refractivity contribution in [3.8, 4) is 21.9 Å². The third kappa shape index (κ3) is 3.71. The Labute approximate surface area is 145 Å². The lowest BCUT2D eigenvalue weighted by atomic mass is 10.1. The number of methoxy groups -OCH3 is 1. The monoisotopic (exact) mass is 346 g/mol. The minimum absolute atomic E-state index is 0.00783. The van der Waals surface area contributed by atoms with Crippen LogP contribution in [-0.2, 0) is 0 Å². The normalized spacial score (nSPS) is 16.1. The lowest BCUT2D eigenvalue weighted by Gasteiger charge is -2.29. The van der Waals surface area contributed by atoms with Crippen LogP contribution in [0.3, 0.4) is 0 Å². The van der Waals surface area contributed by atoms with Crippen molar-refractivity contribution in [2.45, 2.75) is 18.9 Å². The van der Waals surface area contributed by atoms with Gasteiger partial charge >= 0.3 is 0 Å². The molecule has 1 amide bonds. The number of rotatable bonds is 4. The number of aromatic hydroxyl groups is 1. The van der Waals surface area contributed by atoms with Crippen LogP contribution in [0.25, 0.3) is 10.4 Å². The maximum Gasteiger partial charge on any atom is 0.261 e. The van der Waals surface area contributed by atoms with Crippen LogP contribution < -0.4 is 10.1 Å². The Kier molecular flexibility index (Phi) is 5.06. The van der Waals surface area contributed by atoms with Gasteiger partial charge in [-0.2, -0.15) is 0 Å². The van der Waals surface area contributed by atoms with E-state index in [1.165, 1.54) is 18.4 Å². The Morgan fingerprint density at radius 1 is 1.29 bits per heavy atom. The quantitative estimate of drug-likeness (QED) is 0.893. The van der Waals surface area contributed by atoms with E-state index in [0.29, 0.717) is 10.6 Å². The fraction of sp³-hybridized carbons (Fsp3) is 0.389. The predicted octanol–water partition coefficient (Wildman–Crippen LogP) is 2.95. The van der Waals surface area contributed by atoms with Crippen LogP contribution in [0.1, 0.15) is 22.5 Å². The summed E-state index contributed by atoms with van der Waals surface area (Å²) in [4.78, 5) is 16.4. The Morgan fingerprint density at radius 2 is 2.04 bits per heavy atom. The van der Waals surface area contributed by atoms with Crippen molar-refractivity contribution in [2.24, 2.45) is 0 Å². The highest BCUT2D eigenvalue weighted by Gasteiger charge is 2.20. The van der Waals surface area contributed by atoms with Gasteiger partial charge in [0.1, 0.15) is 0 Å². The van der Waals surface area contributed by atoms with E-state index in [1.807, 2.05) is 18.2 Å². The predicted molar refractivity (Wildman–Crippen MR) is 96.0 cm³/mol. The van der Waals surface area contributed by atoms with Crippen molar-refractivity contribution < 1.29 is 14.6 Å². The molecule has 24 heavy (non-hydrogen) atoms. The van der Waals surface area contributed by atoms with Crippen molar-refractivity contribution in [3.05, 3.63) is 35.2 Å². The number of piperidine rings is 1. The summed E-state index contributed by atoms with van der Waals surface area (Å²) in [7, 11) is 3.63. The van der Waals surface area contributed by atoms with E-state index >= 15 is 0 Å². The highest BCUT2D eigenvalue weighted by Crippen LogP contribution is 2.34. The second-order valence-electron chi connectivity index (χ2n) is 6.10. The first-order valence-electron chi connectivity index (χ1n) is 8.03. The second-order valence-corrected chi connectivity index (χ2v) is 7.19. The van der Waals surface area contributed by atoms with Gasteiger partial charge in [0.15, 0.2) is 11.5 Å². The molecule has 1 aliphatic rings. The van der Waals surface area contributed by atoms with Crippen LogP contribution >= 0.6 is 11.3 Å². The molecule has 0 aliphatic carbocycles. The number of nitrogens with one attached hydrogen (secondary N) is 1. The van der Waals surface area contributed by atoms with Gasteiger partial charge in [-0.15, -0.1) is 11.3 Å². The molecule has 0 saturated carbocycles. The van der Waals surface area contributed by atoms with Crippen LogP contribution in [0.2, 0.25) is 0 Å². The minimum atomic E-state index is -0.00783.